The molecule has 0 aliphatic heterocycles. The van der Waals surface area contributed by atoms with Crippen LogP contribution in [0.5, 0.6) is 0 Å². The van der Waals surface area contributed by atoms with Gasteiger partial charge in [0.25, 0.3) is 0 Å². The van der Waals surface area contributed by atoms with Crippen LogP contribution in [-0.2, 0) is 9.53 Å². The molecule has 0 heterocycles. The summed E-state index contributed by atoms with van der Waals surface area (Å²) in [7, 11) is 3.45. The summed E-state index contributed by atoms with van der Waals surface area (Å²) in [5.41, 5.74) is 5.49. The molecule has 0 bridgehead atoms. The predicted octanol–water partition coefficient (Wildman–Crippen LogP) is 0.751. The number of likely N-dealkylation sites (N-methyl/N-ethyl adjacent to an activating group) is 1. The maximum Gasteiger partial charge on any atom is 0.242 e. The van der Waals surface area contributed by atoms with Gasteiger partial charge in [0, 0.05) is 14.2 Å². The molecule has 15 heavy (non-hydrogen) atoms. The highest BCUT2D eigenvalue weighted by atomic mass is 16.5. The van der Waals surface area contributed by atoms with E-state index in [0.717, 1.165) is 25.7 Å². The molecule has 0 spiro atoms. The SMILES string of the molecule is COCC(C)N(C)C(=O)C1(N)CCCC1. The van der Waals surface area contributed by atoms with Crippen LogP contribution < -0.4 is 5.73 Å². The molecule has 1 amide bonds. The number of hydrogen-bond acceptors (Lipinski definition) is 3. The molecule has 1 unspecified atom stereocenters. The first-order chi connectivity index (χ1) is 7.01. The van der Waals surface area contributed by atoms with E-state index < -0.39 is 5.54 Å². The fourth-order valence-corrected chi connectivity index (χ4v) is 2.12. The number of nitrogens with zero attached hydrogens (tertiary/aromatic N) is 1. The summed E-state index contributed by atoms with van der Waals surface area (Å²) < 4.78 is 5.04. The largest absolute Gasteiger partial charge is 0.383 e. The van der Waals surface area contributed by atoms with E-state index in [0.29, 0.717) is 6.61 Å². The number of carbonyl (C=O) groups excluding carboxylic acids is 1. The molecule has 0 aromatic heterocycles. The average molecular weight is 214 g/mol. The summed E-state index contributed by atoms with van der Waals surface area (Å²) in [5.74, 6) is 0.0598. The minimum absolute atomic E-state index is 0.0598. The summed E-state index contributed by atoms with van der Waals surface area (Å²) in [6.45, 7) is 2.53. The minimum atomic E-state index is -0.614. The molecule has 0 radical (unpaired) electrons. The van der Waals surface area contributed by atoms with Gasteiger partial charge in [0.2, 0.25) is 5.91 Å². The molecule has 2 N–H and O–H groups in total. The van der Waals surface area contributed by atoms with Gasteiger partial charge in [0.1, 0.15) is 0 Å². The lowest BCUT2D eigenvalue weighted by Crippen LogP contribution is -2.55. The van der Waals surface area contributed by atoms with Gasteiger partial charge in [-0.15, -0.1) is 0 Å². The topological polar surface area (TPSA) is 55.6 Å². The molecular weight excluding hydrogens is 192 g/mol. The highest BCUT2D eigenvalue weighted by Gasteiger charge is 2.39. The average Bonchev–Trinajstić information content (AvgIpc) is 2.64. The fraction of sp³-hybridized carbons (Fsp3) is 0.909. The van der Waals surface area contributed by atoms with Crippen LogP contribution in [0.2, 0.25) is 0 Å². The van der Waals surface area contributed by atoms with E-state index in [2.05, 4.69) is 0 Å². The molecular formula is C11H22N2O2. The molecule has 1 saturated carbocycles. The summed E-state index contributed by atoms with van der Waals surface area (Å²) in [6.07, 6.45) is 3.76. The van der Waals surface area contributed by atoms with Gasteiger partial charge in [0.05, 0.1) is 18.2 Å². The van der Waals surface area contributed by atoms with E-state index in [4.69, 9.17) is 10.5 Å². The van der Waals surface area contributed by atoms with Gasteiger partial charge in [-0.05, 0) is 19.8 Å². The van der Waals surface area contributed by atoms with Crippen molar-refractivity contribution in [2.75, 3.05) is 20.8 Å². The number of ether oxygens (including phenoxy) is 1. The first-order valence-electron chi connectivity index (χ1n) is 5.56. The Morgan fingerprint density at radius 2 is 2.07 bits per heavy atom. The van der Waals surface area contributed by atoms with Crippen LogP contribution in [0.3, 0.4) is 0 Å². The lowest BCUT2D eigenvalue weighted by Gasteiger charge is -2.32. The second-order valence-corrected chi connectivity index (χ2v) is 4.58. The van der Waals surface area contributed by atoms with Crippen molar-refractivity contribution in [2.24, 2.45) is 5.73 Å². The molecule has 4 heteroatoms. The Labute approximate surface area is 91.8 Å². The quantitative estimate of drug-likeness (QED) is 0.751. The van der Waals surface area contributed by atoms with Crippen LogP contribution in [0.15, 0.2) is 0 Å². The summed E-state index contributed by atoms with van der Waals surface area (Å²) in [4.78, 5) is 13.8. The number of rotatable bonds is 4. The van der Waals surface area contributed by atoms with Gasteiger partial charge in [-0.1, -0.05) is 12.8 Å². The third-order valence-electron chi connectivity index (χ3n) is 3.31. The van der Waals surface area contributed by atoms with Crippen LogP contribution in [0.1, 0.15) is 32.6 Å². The Hall–Kier alpha value is -0.610. The molecule has 0 aromatic rings. The number of amides is 1. The van der Waals surface area contributed by atoms with Crippen molar-refractivity contribution in [2.45, 2.75) is 44.2 Å². The smallest absolute Gasteiger partial charge is 0.242 e. The highest BCUT2D eigenvalue weighted by molar-refractivity contribution is 5.86. The van der Waals surface area contributed by atoms with E-state index in [1.807, 2.05) is 6.92 Å². The molecule has 1 aliphatic rings. The van der Waals surface area contributed by atoms with Crippen molar-refractivity contribution >= 4 is 5.91 Å². The maximum atomic E-state index is 12.1. The van der Waals surface area contributed by atoms with Gasteiger partial charge in [0.15, 0.2) is 0 Å². The standard InChI is InChI=1S/C11H22N2O2/c1-9(8-15-3)13(2)10(14)11(12)6-4-5-7-11/h9H,4-8,12H2,1-3H3. The molecule has 1 fully saturated rings. The second kappa shape index (κ2) is 4.94. The van der Waals surface area contributed by atoms with Crippen molar-refractivity contribution in [3.8, 4) is 0 Å². The van der Waals surface area contributed by atoms with Gasteiger partial charge in [-0.25, -0.2) is 0 Å². The monoisotopic (exact) mass is 214 g/mol. The Bertz CT molecular complexity index is 225. The molecule has 1 rings (SSSR count). The molecule has 1 aliphatic carbocycles. The van der Waals surface area contributed by atoms with Crippen molar-refractivity contribution < 1.29 is 9.53 Å². The zero-order chi connectivity index (χ0) is 11.5. The summed E-state index contributed by atoms with van der Waals surface area (Å²) >= 11 is 0. The number of carbonyl (C=O) groups is 1. The number of hydrogen-bond donors (Lipinski definition) is 1. The van der Waals surface area contributed by atoms with E-state index in [1.165, 1.54) is 0 Å². The summed E-state index contributed by atoms with van der Waals surface area (Å²) in [6, 6.07) is 0.0866. The van der Waals surface area contributed by atoms with Crippen LogP contribution in [-0.4, -0.2) is 43.2 Å². The fourth-order valence-electron chi connectivity index (χ4n) is 2.12. The molecule has 0 aromatic carbocycles. The molecule has 0 saturated heterocycles. The van der Waals surface area contributed by atoms with E-state index in [1.54, 1.807) is 19.1 Å². The van der Waals surface area contributed by atoms with E-state index in [-0.39, 0.29) is 11.9 Å². The second-order valence-electron chi connectivity index (χ2n) is 4.58. The third-order valence-corrected chi connectivity index (χ3v) is 3.31. The van der Waals surface area contributed by atoms with Crippen LogP contribution >= 0.6 is 0 Å². The minimum Gasteiger partial charge on any atom is -0.383 e. The lowest BCUT2D eigenvalue weighted by atomic mass is 9.97. The Morgan fingerprint density at radius 3 is 2.53 bits per heavy atom. The zero-order valence-electron chi connectivity index (χ0n) is 9.95. The van der Waals surface area contributed by atoms with Crippen molar-refractivity contribution in [3.05, 3.63) is 0 Å². The summed E-state index contributed by atoms with van der Waals surface area (Å²) in [5, 5.41) is 0. The number of methoxy groups -OCH3 is 1. The molecule has 88 valence electrons. The zero-order valence-corrected chi connectivity index (χ0v) is 9.95. The van der Waals surface area contributed by atoms with Crippen LogP contribution in [0.4, 0.5) is 0 Å². The van der Waals surface area contributed by atoms with Crippen LogP contribution in [0.25, 0.3) is 0 Å². The van der Waals surface area contributed by atoms with E-state index in [9.17, 15) is 4.79 Å². The van der Waals surface area contributed by atoms with Crippen molar-refractivity contribution in [3.63, 3.8) is 0 Å². The Kier molecular flexibility index (Phi) is 4.11. The van der Waals surface area contributed by atoms with Gasteiger partial charge >= 0.3 is 0 Å². The Morgan fingerprint density at radius 1 is 1.53 bits per heavy atom. The molecule has 4 nitrogen and oxygen atoms in total. The lowest BCUT2D eigenvalue weighted by molar-refractivity contribution is -0.138. The third kappa shape index (κ3) is 2.69. The highest BCUT2D eigenvalue weighted by Crippen LogP contribution is 2.29. The maximum absolute atomic E-state index is 12.1. The van der Waals surface area contributed by atoms with Gasteiger partial charge in [-0.3, -0.25) is 4.79 Å². The molecule has 1 atom stereocenters. The Balaban J connectivity index is 2.58. The van der Waals surface area contributed by atoms with E-state index >= 15 is 0 Å². The first-order valence-corrected chi connectivity index (χ1v) is 5.56. The normalized spacial score (nSPS) is 21.3. The van der Waals surface area contributed by atoms with Crippen LogP contribution in [0, 0.1) is 0 Å². The van der Waals surface area contributed by atoms with Crippen molar-refractivity contribution in [1.29, 1.82) is 0 Å². The van der Waals surface area contributed by atoms with Crippen molar-refractivity contribution in [1.82, 2.24) is 4.90 Å². The van der Waals surface area contributed by atoms with Gasteiger partial charge in [-0.2, -0.15) is 0 Å². The first kappa shape index (κ1) is 12.5. The number of nitrogens with two attached hydrogens (primary N) is 1. The predicted molar refractivity (Wildman–Crippen MR) is 59.5 cm³/mol. The van der Waals surface area contributed by atoms with Gasteiger partial charge < -0.3 is 15.4 Å².